The molecule has 4 bridgehead atoms. The minimum atomic E-state index is -0.261. The molecule has 0 spiro atoms. The van der Waals surface area contributed by atoms with Crippen LogP contribution in [0.4, 0.5) is 5.69 Å². The molecule has 172 valence electrons. The number of benzene rings is 1. The lowest BCUT2D eigenvalue weighted by molar-refractivity contribution is -0.162. The molecule has 6 heteroatoms. The number of likely N-dealkylation sites (tertiary alicyclic amines) is 1. The van der Waals surface area contributed by atoms with E-state index in [4.69, 9.17) is 0 Å². The minimum absolute atomic E-state index is 0.149. The van der Waals surface area contributed by atoms with Crippen molar-refractivity contribution in [2.45, 2.75) is 57.4 Å². The molecule has 6 fully saturated rings. The van der Waals surface area contributed by atoms with Crippen LogP contribution in [-0.2, 0) is 9.59 Å². The lowest BCUT2D eigenvalue weighted by Gasteiger charge is -2.56. The molecule has 2 saturated heterocycles. The highest BCUT2D eigenvalue weighted by Gasteiger charge is 2.57. The molecule has 0 aromatic heterocycles. The molecule has 1 atom stereocenters. The number of hydrogen-bond acceptors (Lipinski definition) is 4. The smallest absolute Gasteiger partial charge is 0.245 e. The van der Waals surface area contributed by atoms with E-state index in [2.05, 4.69) is 4.90 Å². The lowest BCUT2D eigenvalue weighted by atomic mass is 9.49. The molecule has 2 heterocycles. The van der Waals surface area contributed by atoms with Crippen LogP contribution in [0, 0.1) is 23.2 Å². The van der Waals surface area contributed by atoms with Crippen molar-refractivity contribution >= 4 is 17.5 Å². The minimum Gasteiger partial charge on any atom is -0.508 e. The zero-order valence-corrected chi connectivity index (χ0v) is 18.9. The van der Waals surface area contributed by atoms with Crippen molar-refractivity contribution in [3.05, 3.63) is 24.3 Å². The van der Waals surface area contributed by atoms with E-state index in [1.54, 1.807) is 12.1 Å². The van der Waals surface area contributed by atoms with Crippen LogP contribution in [0.2, 0.25) is 0 Å². The van der Waals surface area contributed by atoms with Crippen LogP contribution in [0.25, 0.3) is 0 Å². The molecule has 2 aliphatic heterocycles. The monoisotopic (exact) mass is 437 g/mol. The fraction of sp³-hybridized carbons (Fsp3) is 0.692. The van der Waals surface area contributed by atoms with E-state index >= 15 is 0 Å². The summed E-state index contributed by atoms with van der Waals surface area (Å²) in [5.74, 6) is 2.96. The van der Waals surface area contributed by atoms with E-state index in [0.717, 1.165) is 75.2 Å². The average Bonchev–Trinajstić information content (AvgIpc) is 3.27. The molecule has 6 nitrogen and oxygen atoms in total. The van der Waals surface area contributed by atoms with Gasteiger partial charge in [0.25, 0.3) is 0 Å². The Hall–Kier alpha value is -2.24. The van der Waals surface area contributed by atoms with Gasteiger partial charge in [-0.1, -0.05) is 6.07 Å². The van der Waals surface area contributed by atoms with Gasteiger partial charge in [0.1, 0.15) is 11.8 Å². The van der Waals surface area contributed by atoms with Gasteiger partial charge in [-0.05, 0) is 81.3 Å². The van der Waals surface area contributed by atoms with Gasteiger partial charge in [0.2, 0.25) is 11.8 Å². The zero-order chi connectivity index (χ0) is 21.9. The molecule has 4 saturated carbocycles. The molecule has 6 aliphatic rings. The third-order valence-electron chi connectivity index (χ3n) is 9.08. The predicted molar refractivity (Wildman–Crippen MR) is 122 cm³/mol. The molecule has 1 unspecified atom stereocenters. The maximum Gasteiger partial charge on any atom is 0.245 e. The summed E-state index contributed by atoms with van der Waals surface area (Å²) in [5, 5.41) is 9.77. The highest BCUT2D eigenvalue weighted by atomic mass is 16.3. The van der Waals surface area contributed by atoms with Gasteiger partial charge in [0, 0.05) is 44.5 Å². The van der Waals surface area contributed by atoms with Crippen LogP contribution in [-0.4, -0.2) is 65.5 Å². The van der Waals surface area contributed by atoms with Crippen LogP contribution >= 0.6 is 0 Å². The SMILES string of the molecule is O=C(C1CCCN1C(=O)C12CC3CC(CC(C3)C1)C2)N1CCN(c2cccc(O)c2)CC1. The standard InChI is InChI=1S/C26H35N3O3/c30-22-4-1-3-21(14-22)27-7-9-28(10-8-27)24(31)23-5-2-6-29(23)25(32)26-15-18-11-19(16-26)13-20(12-18)17-26/h1,3-4,14,18-20,23,30H,2,5-13,15-17H2. The third kappa shape index (κ3) is 3.37. The van der Waals surface area contributed by atoms with Gasteiger partial charge in [-0.25, -0.2) is 0 Å². The first-order valence-corrected chi connectivity index (χ1v) is 12.6. The number of carbonyl (C=O) groups excluding carboxylic acids is 2. The summed E-state index contributed by atoms with van der Waals surface area (Å²) in [7, 11) is 0. The van der Waals surface area contributed by atoms with Crippen LogP contribution < -0.4 is 4.90 Å². The van der Waals surface area contributed by atoms with E-state index in [9.17, 15) is 14.7 Å². The second-order valence-electron chi connectivity index (χ2n) is 11.2. The number of nitrogens with zero attached hydrogens (tertiary/aromatic N) is 3. The van der Waals surface area contributed by atoms with Crippen LogP contribution in [0.3, 0.4) is 0 Å². The molecule has 32 heavy (non-hydrogen) atoms. The van der Waals surface area contributed by atoms with Gasteiger partial charge in [0.15, 0.2) is 0 Å². The molecule has 1 aromatic carbocycles. The van der Waals surface area contributed by atoms with Crippen molar-refractivity contribution in [2.24, 2.45) is 23.2 Å². The van der Waals surface area contributed by atoms with E-state index in [1.807, 2.05) is 21.9 Å². The Morgan fingerprint density at radius 3 is 2.19 bits per heavy atom. The van der Waals surface area contributed by atoms with Crippen molar-refractivity contribution in [2.75, 3.05) is 37.6 Å². The number of piperazine rings is 1. The molecule has 4 aliphatic carbocycles. The molecule has 7 rings (SSSR count). The Bertz CT molecular complexity index is 872. The maximum atomic E-state index is 13.9. The molecule has 1 N–H and O–H groups in total. The van der Waals surface area contributed by atoms with Crippen LogP contribution in [0.1, 0.15) is 51.4 Å². The summed E-state index contributed by atoms with van der Waals surface area (Å²) in [5.41, 5.74) is 0.836. The number of aromatic hydroxyl groups is 1. The van der Waals surface area contributed by atoms with Crippen molar-refractivity contribution in [1.29, 1.82) is 0 Å². The lowest BCUT2D eigenvalue weighted by Crippen LogP contribution is -2.59. The number of anilines is 1. The summed E-state index contributed by atoms with van der Waals surface area (Å²) < 4.78 is 0. The van der Waals surface area contributed by atoms with Crippen molar-refractivity contribution in [3.8, 4) is 5.75 Å². The van der Waals surface area contributed by atoms with Gasteiger partial charge in [-0.3, -0.25) is 9.59 Å². The quantitative estimate of drug-likeness (QED) is 0.789. The number of carbonyl (C=O) groups is 2. The van der Waals surface area contributed by atoms with E-state index in [1.165, 1.54) is 19.3 Å². The Kier molecular flexibility index (Phi) is 4.88. The molecule has 1 aromatic rings. The van der Waals surface area contributed by atoms with Crippen molar-refractivity contribution in [1.82, 2.24) is 9.80 Å². The van der Waals surface area contributed by atoms with Crippen LogP contribution in [0.15, 0.2) is 24.3 Å². The summed E-state index contributed by atoms with van der Waals surface area (Å²) in [6, 6.07) is 7.05. The first-order chi connectivity index (χ1) is 15.5. The topological polar surface area (TPSA) is 64.1 Å². The first-order valence-electron chi connectivity index (χ1n) is 12.6. The van der Waals surface area contributed by atoms with E-state index in [0.29, 0.717) is 19.0 Å². The highest BCUT2D eigenvalue weighted by Crippen LogP contribution is 2.60. The average molecular weight is 438 g/mol. The van der Waals surface area contributed by atoms with Gasteiger partial charge >= 0.3 is 0 Å². The fourth-order valence-electron chi connectivity index (χ4n) is 8.03. The third-order valence-corrected chi connectivity index (χ3v) is 9.08. The Morgan fingerprint density at radius 2 is 1.56 bits per heavy atom. The number of phenols is 1. The molecular weight excluding hydrogens is 402 g/mol. The van der Waals surface area contributed by atoms with Crippen molar-refractivity contribution < 1.29 is 14.7 Å². The number of phenolic OH excluding ortho intramolecular Hbond substituents is 1. The van der Waals surface area contributed by atoms with Gasteiger partial charge in [0.05, 0.1) is 5.41 Å². The first kappa shape index (κ1) is 20.4. The maximum absolute atomic E-state index is 13.9. The van der Waals surface area contributed by atoms with Gasteiger partial charge in [-0.15, -0.1) is 0 Å². The number of rotatable bonds is 3. The van der Waals surface area contributed by atoms with Crippen LogP contribution in [0.5, 0.6) is 5.75 Å². The summed E-state index contributed by atoms with van der Waals surface area (Å²) in [4.78, 5) is 33.6. The molecular formula is C26H35N3O3. The Balaban J connectivity index is 1.12. The Labute approximate surface area is 190 Å². The van der Waals surface area contributed by atoms with Gasteiger partial charge in [-0.2, -0.15) is 0 Å². The highest BCUT2D eigenvalue weighted by molar-refractivity contribution is 5.91. The number of amides is 2. The normalized spacial score (nSPS) is 36.1. The predicted octanol–water partition coefficient (Wildman–Crippen LogP) is 3.25. The number of hydrogen-bond donors (Lipinski definition) is 1. The fourth-order valence-corrected chi connectivity index (χ4v) is 8.03. The summed E-state index contributed by atoms with van der Waals surface area (Å²) in [6.45, 7) is 3.60. The van der Waals surface area contributed by atoms with E-state index < -0.39 is 0 Å². The second-order valence-corrected chi connectivity index (χ2v) is 11.2. The zero-order valence-electron chi connectivity index (χ0n) is 18.9. The summed E-state index contributed by atoms with van der Waals surface area (Å²) >= 11 is 0. The van der Waals surface area contributed by atoms with Gasteiger partial charge < -0.3 is 19.8 Å². The Morgan fingerprint density at radius 1 is 0.906 bits per heavy atom. The molecule has 2 amide bonds. The van der Waals surface area contributed by atoms with E-state index in [-0.39, 0.29) is 23.1 Å². The second kappa shape index (κ2) is 7.67. The van der Waals surface area contributed by atoms with Crippen molar-refractivity contribution in [3.63, 3.8) is 0 Å². The summed E-state index contributed by atoms with van der Waals surface area (Å²) in [6.07, 6.45) is 8.95. The molecule has 0 radical (unpaired) electrons. The largest absolute Gasteiger partial charge is 0.508 e.